The van der Waals surface area contributed by atoms with Gasteiger partial charge in [-0.25, -0.2) is 4.98 Å². The number of methoxy groups -OCH3 is 1. The number of rotatable bonds is 7. The number of carbonyl (C=O) groups is 1. The minimum Gasteiger partial charge on any atom is -0.496 e. The Morgan fingerprint density at radius 2 is 2.03 bits per heavy atom. The molecule has 1 N–H and O–H groups in total. The van der Waals surface area contributed by atoms with E-state index in [2.05, 4.69) is 10.3 Å². The van der Waals surface area contributed by atoms with Gasteiger partial charge in [-0.05, 0) is 42.7 Å². The lowest BCUT2D eigenvalue weighted by atomic mass is 9.99. The van der Waals surface area contributed by atoms with Crippen LogP contribution in [0.5, 0.6) is 11.5 Å². The lowest BCUT2D eigenvalue weighted by Gasteiger charge is -2.26. The first-order valence-electron chi connectivity index (χ1n) is 10.1. The van der Waals surface area contributed by atoms with Crippen LogP contribution in [0.1, 0.15) is 34.7 Å². The fraction of sp³-hybridized carbons (Fsp3) is 0.364. The summed E-state index contributed by atoms with van der Waals surface area (Å²) in [6.45, 7) is -1.69. The molecule has 1 aromatic carbocycles. The van der Waals surface area contributed by atoms with Crippen LogP contribution in [0.4, 0.5) is 8.78 Å². The lowest BCUT2D eigenvalue weighted by molar-refractivity contribution is -0.0502. The summed E-state index contributed by atoms with van der Waals surface area (Å²) in [6.07, 6.45) is 5.28. The molecular formula is C22H21F2N3O4. The summed E-state index contributed by atoms with van der Waals surface area (Å²) >= 11 is 0. The number of fused-ring (bicyclic) bond motifs is 1. The average Bonchev–Trinajstić information content (AvgIpc) is 3.41. The number of nitrogens with zero attached hydrogens (tertiary/aromatic N) is 2. The van der Waals surface area contributed by atoms with E-state index in [4.69, 9.17) is 14.2 Å². The second kappa shape index (κ2) is 7.81. The Bertz CT molecular complexity index is 1140. The van der Waals surface area contributed by atoms with Crippen LogP contribution < -0.4 is 14.8 Å². The molecule has 0 unspecified atom stereocenters. The molecule has 31 heavy (non-hydrogen) atoms. The molecule has 5 rings (SSSR count). The van der Waals surface area contributed by atoms with Crippen molar-refractivity contribution >= 4 is 11.6 Å². The van der Waals surface area contributed by atoms with E-state index in [0.29, 0.717) is 30.4 Å². The molecule has 1 aliphatic heterocycles. The van der Waals surface area contributed by atoms with Gasteiger partial charge in [0, 0.05) is 23.7 Å². The van der Waals surface area contributed by atoms with Gasteiger partial charge in [-0.2, -0.15) is 8.78 Å². The Morgan fingerprint density at radius 1 is 1.26 bits per heavy atom. The van der Waals surface area contributed by atoms with E-state index in [0.717, 1.165) is 24.1 Å². The molecule has 2 fully saturated rings. The smallest absolute Gasteiger partial charge is 0.387 e. The third kappa shape index (κ3) is 3.81. The molecule has 1 saturated carbocycles. The molecule has 0 spiro atoms. The number of aromatic nitrogens is 2. The Hall–Kier alpha value is -3.20. The number of pyridine rings is 1. The van der Waals surface area contributed by atoms with Gasteiger partial charge in [0.1, 0.15) is 22.7 Å². The van der Waals surface area contributed by atoms with E-state index in [-0.39, 0.29) is 23.1 Å². The fourth-order valence-corrected chi connectivity index (χ4v) is 3.69. The maximum absolute atomic E-state index is 13.1. The van der Waals surface area contributed by atoms with E-state index in [1.807, 2.05) is 22.7 Å². The van der Waals surface area contributed by atoms with Gasteiger partial charge in [0.25, 0.3) is 5.91 Å². The third-order valence-corrected chi connectivity index (χ3v) is 5.58. The molecule has 2 aliphatic rings. The molecule has 7 nitrogen and oxygen atoms in total. The van der Waals surface area contributed by atoms with Crippen molar-refractivity contribution in [1.82, 2.24) is 14.7 Å². The number of alkyl halides is 2. The summed E-state index contributed by atoms with van der Waals surface area (Å²) in [5.74, 6) is -0.210. The van der Waals surface area contributed by atoms with Crippen LogP contribution in [-0.2, 0) is 4.74 Å². The van der Waals surface area contributed by atoms with Crippen LogP contribution >= 0.6 is 0 Å². The molecular weight excluding hydrogens is 408 g/mol. The van der Waals surface area contributed by atoms with E-state index < -0.39 is 12.5 Å². The maximum Gasteiger partial charge on any atom is 0.387 e. The van der Waals surface area contributed by atoms with Crippen LogP contribution in [0, 0.1) is 0 Å². The highest BCUT2D eigenvalue weighted by Gasteiger charge is 2.29. The first kappa shape index (κ1) is 19.7. The molecule has 0 bridgehead atoms. The minimum absolute atomic E-state index is 0.0421. The van der Waals surface area contributed by atoms with Crippen molar-refractivity contribution in [3.63, 3.8) is 0 Å². The van der Waals surface area contributed by atoms with Crippen molar-refractivity contribution < 1.29 is 27.8 Å². The topological polar surface area (TPSA) is 74.1 Å². The SMILES string of the molecule is COc1cc(-c2cnc3cc(C4COC4)ccn23)cc(OC(F)F)c1C(=O)NC1CC1. The van der Waals surface area contributed by atoms with Crippen LogP contribution in [0.15, 0.2) is 36.7 Å². The number of hydrogen-bond acceptors (Lipinski definition) is 5. The predicted molar refractivity (Wildman–Crippen MR) is 108 cm³/mol. The first-order chi connectivity index (χ1) is 15.0. The standard InChI is InChI=1S/C22H21F2N3O4/c1-29-17-6-13(7-18(31-22(23)24)20(17)21(28)26-15-2-3-15)16-9-25-19-8-12(4-5-27(16)19)14-10-30-11-14/h4-9,14-15,22H,2-3,10-11H2,1H3,(H,26,28). The Morgan fingerprint density at radius 3 is 2.68 bits per heavy atom. The van der Waals surface area contributed by atoms with Crippen LogP contribution in [-0.4, -0.2) is 48.3 Å². The fourth-order valence-electron chi connectivity index (χ4n) is 3.69. The third-order valence-electron chi connectivity index (χ3n) is 5.58. The Labute approximate surface area is 176 Å². The largest absolute Gasteiger partial charge is 0.496 e. The van der Waals surface area contributed by atoms with Crippen molar-refractivity contribution in [1.29, 1.82) is 0 Å². The normalized spacial score (nSPS) is 16.4. The number of benzene rings is 1. The van der Waals surface area contributed by atoms with Gasteiger partial charge < -0.3 is 19.5 Å². The van der Waals surface area contributed by atoms with Crippen LogP contribution in [0.3, 0.4) is 0 Å². The highest BCUT2D eigenvalue weighted by atomic mass is 19.3. The number of ether oxygens (including phenoxy) is 3. The van der Waals surface area contributed by atoms with Crippen molar-refractivity contribution in [2.45, 2.75) is 31.4 Å². The highest BCUT2D eigenvalue weighted by Crippen LogP contribution is 2.37. The van der Waals surface area contributed by atoms with Crippen molar-refractivity contribution in [3.8, 4) is 22.8 Å². The van der Waals surface area contributed by atoms with Gasteiger partial charge in [-0.3, -0.25) is 9.20 Å². The summed E-state index contributed by atoms with van der Waals surface area (Å²) in [5.41, 5.74) is 3.03. The molecule has 0 atom stereocenters. The second-order valence-electron chi connectivity index (χ2n) is 7.74. The summed E-state index contributed by atoms with van der Waals surface area (Å²) < 4.78 is 43.5. The first-order valence-corrected chi connectivity index (χ1v) is 10.1. The Kier molecular flexibility index (Phi) is 4.97. The zero-order chi connectivity index (χ0) is 21.5. The van der Waals surface area contributed by atoms with Crippen molar-refractivity contribution in [2.75, 3.05) is 20.3 Å². The highest BCUT2D eigenvalue weighted by molar-refractivity contribution is 6.01. The van der Waals surface area contributed by atoms with Gasteiger partial charge in [0.05, 0.1) is 32.2 Å². The molecule has 1 aliphatic carbocycles. The minimum atomic E-state index is -3.08. The zero-order valence-electron chi connectivity index (χ0n) is 16.8. The summed E-state index contributed by atoms with van der Waals surface area (Å²) in [6, 6.07) is 7.11. The summed E-state index contributed by atoms with van der Waals surface area (Å²) in [4.78, 5) is 17.1. The number of halogens is 2. The van der Waals surface area contributed by atoms with Crippen LogP contribution in [0.25, 0.3) is 16.9 Å². The van der Waals surface area contributed by atoms with E-state index >= 15 is 0 Å². The molecule has 1 saturated heterocycles. The Balaban J connectivity index is 1.57. The van der Waals surface area contributed by atoms with Gasteiger partial charge in [-0.15, -0.1) is 0 Å². The molecule has 1 amide bonds. The van der Waals surface area contributed by atoms with Gasteiger partial charge in [-0.1, -0.05) is 0 Å². The molecule has 0 radical (unpaired) electrons. The van der Waals surface area contributed by atoms with E-state index in [1.54, 1.807) is 12.3 Å². The summed E-state index contributed by atoms with van der Waals surface area (Å²) in [7, 11) is 1.39. The average molecular weight is 429 g/mol. The summed E-state index contributed by atoms with van der Waals surface area (Å²) in [5, 5.41) is 2.80. The van der Waals surface area contributed by atoms with Gasteiger partial charge in [0.2, 0.25) is 0 Å². The van der Waals surface area contributed by atoms with Gasteiger partial charge in [0.15, 0.2) is 0 Å². The number of carbonyl (C=O) groups excluding carboxylic acids is 1. The molecule has 3 heterocycles. The van der Waals surface area contributed by atoms with E-state index in [1.165, 1.54) is 13.2 Å². The second-order valence-corrected chi connectivity index (χ2v) is 7.74. The predicted octanol–water partition coefficient (Wildman–Crippen LogP) is 3.62. The van der Waals surface area contributed by atoms with Crippen molar-refractivity contribution in [2.24, 2.45) is 0 Å². The number of hydrogen-bond donors (Lipinski definition) is 1. The monoisotopic (exact) mass is 429 g/mol. The maximum atomic E-state index is 13.1. The van der Waals surface area contributed by atoms with E-state index in [9.17, 15) is 13.6 Å². The molecule has 162 valence electrons. The number of nitrogens with one attached hydrogen (secondary N) is 1. The molecule has 2 aromatic heterocycles. The van der Waals surface area contributed by atoms with Crippen molar-refractivity contribution in [3.05, 3.63) is 47.8 Å². The number of imidazole rings is 1. The molecule has 3 aromatic rings. The lowest BCUT2D eigenvalue weighted by Crippen LogP contribution is -2.26. The zero-order valence-corrected chi connectivity index (χ0v) is 16.8. The van der Waals surface area contributed by atoms with Gasteiger partial charge >= 0.3 is 6.61 Å². The number of amides is 1. The molecule has 9 heteroatoms. The van der Waals surface area contributed by atoms with Crippen LogP contribution in [0.2, 0.25) is 0 Å². The quantitative estimate of drug-likeness (QED) is 0.621.